The normalized spacial score (nSPS) is 14.4. The molecule has 5 rings (SSSR count). The molecule has 4 aromatic rings. The van der Waals surface area contributed by atoms with Crippen molar-refractivity contribution < 1.29 is 14.3 Å². The molecule has 3 aromatic heterocycles. The maximum absolute atomic E-state index is 15.1. The van der Waals surface area contributed by atoms with Crippen molar-refractivity contribution in [3.05, 3.63) is 65.1 Å². The van der Waals surface area contributed by atoms with Crippen molar-refractivity contribution in [2.75, 3.05) is 23.3 Å². The molecule has 0 atom stereocenters. The van der Waals surface area contributed by atoms with Crippen LogP contribution < -0.4 is 10.2 Å². The van der Waals surface area contributed by atoms with Crippen molar-refractivity contribution in [3.63, 3.8) is 0 Å². The highest BCUT2D eigenvalue weighted by molar-refractivity contribution is 6.33. The number of nitrogens with zero attached hydrogens (tertiary/aromatic N) is 6. The number of rotatable bonds is 6. The Morgan fingerprint density at radius 2 is 1.94 bits per heavy atom. The lowest BCUT2D eigenvalue weighted by atomic mass is 10.1. The Morgan fingerprint density at radius 1 is 1.20 bits per heavy atom. The predicted molar refractivity (Wildman–Crippen MR) is 131 cm³/mol. The monoisotopic (exact) mass is 495 g/mol. The first-order chi connectivity index (χ1) is 16.9. The van der Waals surface area contributed by atoms with E-state index in [4.69, 9.17) is 16.7 Å². The molecule has 1 saturated heterocycles. The molecule has 180 valence electrons. The molecule has 35 heavy (non-hydrogen) atoms. The van der Waals surface area contributed by atoms with Gasteiger partial charge in [0.2, 0.25) is 5.95 Å². The minimum Gasteiger partial charge on any atom is -0.478 e. The molecule has 1 fully saturated rings. The Bertz CT molecular complexity index is 1380. The van der Waals surface area contributed by atoms with Gasteiger partial charge in [-0.25, -0.2) is 29.1 Å². The Balaban J connectivity index is 1.37. The summed E-state index contributed by atoms with van der Waals surface area (Å²) >= 11 is 6.07. The van der Waals surface area contributed by atoms with Gasteiger partial charge in [0, 0.05) is 43.4 Å². The van der Waals surface area contributed by atoms with E-state index >= 15 is 4.39 Å². The number of fused-ring (bicyclic) bond motifs is 1. The number of aromatic nitrogens is 5. The molecule has 0 radical (unpaired) electrons. The predicted octanol–water partition coefficient (Wildman–Crippen LogP) is 4.86. The summed E-state index contributed by atoms with van der Waals surface area (Å²) in [6.45, 7) is 3.57. The molecule has 11 heteroatoms. The van der Waals surface area contributed by atoms with E-state index in [1.54, 1.807) is 6.07 Å². The van der Waals surface area contributed by atoms with Crippen LogP contribution in [0, 0.1) is 5.82 Å². The van der Waals surface area contributed by atoms with E-state index in [9.17, 15) is 4.79 Å². The summed E-state index contributed by atoms with van der Waals surface area (Å²) in [6, 6.07) is 4.49. The van der Waals surface area contributed by atoms with Crippen LogP contribution >= 0.6 is 11.6 Å². The van der Waals surface area contributed by atoms with Crippen LogP contribution in [0.1, 0.15) is 41.7 Å². The molecule has 0 spiro atoms. The van der Waals surface area contributed by atoms with Crippen LogP contribution in [-0.2, 0) is 6.42 Å². The fourth-order valence-electron chi connectivity index (χ4n) is 4.35. The van der Waals surface area contributed by atoms with Gasteiger partial charge in [0.15, 0.2) is 5.82 Å². The second-order valence-corrected chi connectivity index (χ2v) is 8.80. The average Bonchev–Trinajstić information content (AvgIpc) is 3.21. The lowest BCUT2D eigenvalue weighted by Crippen LogP contribution is -2.35. The summed E-state index contributed by atoms with van der Waals surface area (Å²) in [5.74, 6) is -0.556. The average molecular weight is 496 g/mol. The zero-order chi connectivity index (χ0) is 24.5. The number of nitrogens with one attached hydrogen (secondary N) is 1. The molecule has 2 N–H and O–H groups in total. The van der Waals surface area contributed by atoms with Gasteiger partial charge in [0.05, 0.1) is 16.0 Å². The molecule has 1 aliphatic heterocycles. The second kappa shape index (κ2) is 9.46. The van der Waals surface area contributed by atoms with Crippen molar-refractivity contribution in [2.45, 2.75) is 32.2 Å². The fourth-order valence-corrected chi connectivity index (χ4v) is 4.62. The highest BCUT2D eigenvalue weighted by atomic mass is 35.5. The first-order valence-electron chi connectivity index (χ1n) is 11.3. The van der Waals surface area contributed by atoms with Crippen LogP contribution in [-0.4, -0.2) is 48.7 Å². The lowest BCUT2D eigenvalue weighted by Gasteiger charge is -2.32. The van der Waals surface area contributed by atoms with E-state index in [0.717, 1.165) is 37.9 Å². The summed E-state index contributed by atoms with van der Waals surface area (Å²) in [6.07, 6.45) is 9.05. The molecule has 0 unspecified atom stereocenters. The molecule has 9 nitrogen and oxygen atoms in total. The van der Waals surface area contributed by atoms with Gasteiger partial charge in [0.1, 0.15) is 17.8 Å². The van der Waals surface area contributed by atoms with Gasteiger partial charge in [-0.05, 0) is 43.0 Å². The zero-order valence-corrected chi connectivity index (χ0v) is 19.7. The zero-order valence-electron chi connectivity index (χ0n) is 18.9. The third-order valence-corrected chi connectivity index (χ3v) is 6.58. The number of halogens is 2. The molecule has 1 aliphatic rings. The first kappa shape index (κ1) is 23.0. The topological polar surface area (TPSA) is 109 Å². The van der Waals surface area contributed by atoms with Crippen molar-refractivity contribution in [1.82, 2.24) is 24.5 Å². The highest BCUT2D eigenvalue weighted by Crippen LogP contribution is 2.33. The van der Waals surface area contributed by atoms with Crippen LogP contribution in [0.3, 0.4) is 0 Å². The molecule has 0 aliphatic carbocycles. The van der Waals surface area contributed by atoms with Gasteiger partial charge in [-0.1, -0.05) is 18.5 Å². The number of carboxylic acid groups (broad SMARTS) is 1. The molecular weight excluding hydrogens is 473 g/mol. The van der Waals surface area contributed by atoms with E-state index < -0.39 is 11.8 Å². The largest absolute Gasteiger partial charge is 0.478 e. The van der Waals surface area contributed by atoms with Gasteiger partial charge in [-0.15, -0.1) is 0 Å². The summed E-state index contributed by atoms with van der Waals surface area (Å²) in [5.41, 5.74) is 2.08. The number of carboxylic acids is 1. The van der Waals surface area contributed by atoms with Crippen molar-refractivity contribution in [1.29, 1.82) is 0 Å². The molecule has 1 aromatic carbocycles. The van der Waals surface area contributed by atoms with E-state index in [2.05, 4.69) is 37.1 Å². The Morgan fingerprint density at radius 3 is 2.60 bits per heavy atom. The quantitative estimate of drug-likeness (QED) is 0.390. The highest BCUT2D eigenvalue weighted by Gasteiger charge is 2.26. The van der Waals surface area contributed by atoms with Crippen LogP contribution in [0.25, 0.3) is 11.0 Å². The number of carbonyl (C=O) groups is 1. The van der Waals surface area contributed by atoms with E-state index in [0.29, 0.717) is 17.3 Å². The number of piperidine rings is 1. The summed E-state index contributed by atoms with van der Waals surface area (Å²) in [5, 5.41) is 12.6. The Labute approximate surface area is 205 Å². The SMILES string of the molecule is CCc1cnc(N2CCC(n3cc(F)c4c(Nc5ccc(C(=O)O)c(Cl)c5)ncnc43)CC2)nc1. The minimum absolute atomic E-state index is 0.0135. The molecule has 0 saturated carbocycles. The van der Waals surface area contributed by atoms with Crippen LogP contribution in [0.5, 0.6) is 0 Å². The van der Waals surface area contributed by atoms with Crippen molar-refractivity contribution in [2.24, 2.45) is 0 Å². The standard InChI is InChI=1S/C24H23ClFN7O2/c1-2-14-10-27-24(28-11-14)32-7-5-16(6-8-32)33-12-19(26)20-21(29-13-30-22(20)33)31-15-3-4-17(23(34)35)18(25)9-15/h3-4,9-13,16H,2,5-8H2,1H3,(H,34,35)(H,29,30,31). The number of aromatic carboxylic acids is 1. The van der Waals surface area contributed by atoms with E-state index in [1.807, 2.05) is 17.0 Å². The smallest absolute Gasteiger partial charge is 0.337 e. The lowest BCUT2D eigenvalue weighted by molar-refractivity contribution is 0.0697. The molecule has 0 bridgehead atoms. The number of aryl methyl sites for hydroxylation is 1. The van der Waals surface area contributed by atoms with Crippen molar-refractivity contribution >= 4 is 46.1 Å². The van der Waals surface area contributed by atoms with Gasteiger partial charge >= 0.3 is 5.97 Å². The number of anilines is 3. The van der Waals surface area contributed by atoms with Gasteiger partial charge in [0.25, 0.3) is 0 Å². The summed E-state index contributed by atoms with van der Waals surface area (Å²) < 4.78 is 17.0. The third kappa shape index (κ3) is 4.49. The van der Waals surface area contributed by atoms with E-state index in [1.165, 1.54) is 24.7 Å². The first-order valence-corrected chi connectivity index (χ1v) is 11.7. The van der Waals surface area contributed by atoms with Crippen LogP contribution in [0.2, 0.25) is 5.02 Å². The van der Waals surface area contributed by atoms with Gasteiger partial charge in [-0.3, -0.25) is 0 Å². The molecule has 0 amide bonds. The number of hydrogen-bond acceptors (Lipinski definition) is 7. The summed E-state index contributed by atoms with van der Waals surface area (Å²) in [7, 11) is 0. The van der Waals surface area contributed by atoms with Crippen LogP contribution in [0.4, 0.5) is 21.8 Å². The van der Waals surface area contributed by atoms with Gasteiger partial charge < -0.3 is 19.9 Å². The number of benzene rings is 1. The molecule has 4 heterocycles. The van der Waals surface area contributed by atoms with Crippen LogP contribution in [0.15, 0.2) is 43.1 Å². The minimum atomic E-state index is -1.12. The van der Waals surface area contributed by atoms with Crippen molar-refractivity contribution in [3.8, 4) is 0 Å². The Kier molecular flexibility index (Phi) is 6.21. The Hall–Kier alpha value is -3.79. The maximum Gasteiger partial charge on any atom is 0.337 e. The fraction of sp³-hybridized carbons (Fsp3) is 0.292. The third-order valence-electron chi connectivity index (χ3n) is 6.27. The summed E-state index contributed by atoms with van der Waals surface area (Å²) in [4.78, 5) is 30.9. The van der Waals surface area contributed by atoms with E-state index in [-0.39, 0.29) is 27.8 Å². The second-order valence-electron chi connectivity index (χ2n) is 8.39. The molecular formula is C24H23ClFN7O2. The van der Waals surface area contributed by atoms with Gasteiger partial charge in [-0.2, -0.15) is 0 Å². The number of hydrogen-bond donors (Lipinski definition) is 2. The maximum atomic E-state index is 15.1.